The van der Waals surface area contributed by atoms with E-state index in [2.05, 4.69) is 50.2 Å². The van der Waals surface area contributed by atoms with Crippen molar-refractivity contribution in [3.8, 4) is 0 Å². The van der Waals surface area contributed by atoms with Crippen LogP contribution < -0.4 is 5.32 Å². The van der Waals surface area contributed by atoms with Gasteiger partial charge < -0.3 is 5.32 Å². The predicted octanol–water partition coefficient (Wildman–Crippen LogP) is 4.16. The molecule has 1 saturated carbocycles. The van der Waals surface area contributed by atoms with Crippen LogP contribution in [0.2, 0.25) is 0 Å². The summed E-state index contributed by atoms with van der Waals surface area (Å²) in [7, 11) is 0. The highest BCUT2D eigenvalue weighted by atomic mass is 79.9. The first-order valence-electron chi connectivity index (χ1n) is 4.73. The summed E-state index contributed by atoms with van der Waals surface area (Å²) < 4.78 is 2.35. The Labute approximate surface area is 106 Å². The molecule has 1 aromatic heterocycles. The van der Waals surface area contributed by atoms with E-state index in [0.29, 0.717) is 5.41 Å². The fourth-order valence-electron chi connectivity index (χ4n) is 1.36. The minimum absolute atomic E-state index is 0.603. The van der Waals surface area contributed by atoms with Crippen molar-refractivity contribution in [1.82, 2.24) is 5.32 Å². The average Bonchev–Trinajstić information content (AvgIpc) is 2.75. The van der Waals surface area contributed by atoms with Crippen LogP contribution in [0, 0.1) is 5.41 Å². The Balaban J connectivity index is 1.80. The summed E-state index contributed by atoms with van der Waals surface area (Å²) in [6.45, 7) is 4.49. The van der Waals surface area contributed by atoms with Crippen LogP contribution >= 0.6 is 43.2 Å². The van der Waals surface area contributed by atoms with Gasteiger partial charge in [-0.2, -0.15) is 0 Å². The topological polar surface area (TPSA) is 12.0 Å². The monoisotopic (exact) mass is 337 g/mol. The van der Waals surface area contributed by atoms with Gasteiger partial charge in [-0.25, -0.2) is 0 Å². The number of nitrogens with one attached hydrogen (secondary N) is 1. The molecule has 0 spiro atoms. The SMILES string of the molecule is CC1(CNCc2cc(Br)c(Br)s2)CC1. The molecule has 78 valence electrons. The van der Waals surface area contributed by atoms with Crippen molar-refractivity contribution in [2.45, 2.75) is 26.3 Å². The maximum Gasteiger partial charge on any atom is 0.0843 e. The molecule has 1 N–H and O–H groups in total. The van der Waals surface area contributed by atoms with Gasteiger partial charge in [-0.3, -0.25) is 0 Å². The van der Waals surface area contributed by atoms with Gasteiger partial charge in [0.25, 0.3) is 0 Å². The highest BCUT2D eigenvalue weighted by Crippen LogP contribution is 2.44. The highest BCUT2D eigenvalue weighted by Gasteiger charge is 2.36. The second-order valence-corrected chi connectivity index (χ2v) is 7.56. The van der Waals surface area contributed by atoms with Gasteiger partial charge >= 0.3 is 0 Å². The molecule has 14 heavy (non-hydrogen) atoms. The predicted molar refractivity (Wildman–Crippen MR) is 68.8 cm³/mol. The van der Waals surface area contributed by atoms with Crippen LogP contribution in [0.25, 0.3) is 0 Å². The van der Waals surface area contributed by atoms with Gasteiger partial charge in [0.15, 0.2) is 0 Å². The van der Waals surface area contributed by atoms with Crippen molar-refractivity contribution in [1.29, 1.82) is 0 Å². The summed E-state index contributed by atoms with van der Waals surface area (Å²) in [5.41, 5.74) is 0.603. The first-order chi connectivity index (χ1) is 6.59. The van der Waals surface area contributed by atoms with Crippen LogP contribution in [0.1, 0.15) is 24.6 Å². The number of rotatable bonds is 4. The smallest absolute Gasteiger partial charge is 0.0843 e. The van der Waals surface area contributed by atoms with Gasteiger partial charge in [0.1, 0.15) is 0 Å². The van der Waals surface area contributed by atoms with Gasteiger partial charge in [0.2, 0.25) is 0 Å². The fraction of sp³-hybridized carbons (Fsp3) is 0.600. The quantitative estimate of drug-likeness (QED) is 0.869. The lowest BCUT2D eigenvalue weighted by atomic mass is 10.1. The summed E-state index contributed by atoms with van der Waals surface area (Å²) in [6, 6.07) is 2.18. The molecule has 0 atom stereocenters. The molecule has 0 bridgehead atoms. The Morgan fingerprint density at radius 3 is 2.71 bits per heavy atom. The first kappa shape index (κ1) is 11.1. The fourth-order valence-corrected chi connectivity index (χ4v) is 3.50. The van der Waals surface area contributed by atoms with Gasteiger partial charge in [0, 0.05) is 22.4 Å². The van der Waals surface area contributed by atoms with Crippen LogP contribution in [0.4, 0.5) is 0 Å². The Kier molecular flexibility index (Phi) is 3.37. The largest absolute Gasteiger partial charge is 0.311 e. The van der Waals surface area contributed by atoms with E-state index >= 15 is 0 Å². The number of hydrogen-bond donors (Lipinski definition) is 1. The average molecular weight is 339 g/mol. The minimum atomic E-state index is 0.603. The van der Waals surface area contributed by atoms with E-state index in [1.165, 1.54) is 21.5 Å². The summed E-state index contributed by atoms with van der Waals surface area (Å²) in [5, 5.41) is 3.51. The molecule has 0 aromatic carbocycles. The van der Waals surface area contributed by atoms with Gasteiger partial charge in [-0.05, 0) is 56.2 Å². The molecule has 1 aliphatic carbocycles. The van der Waals surface area contributed by atoms with E-state index in [0.717, 1.165) is 17.6 Å². The van der Waals surface area contributed by atoms with E-state index in [1.807, 2.05) is 0 Å². The van der Waals surface area contributed by atoms with Crippen LogP contribution in [0.3, 0.4) is 0 Å². The van der Waals surface area contributed by atoms with Crippen molar-refractivity contribution in [3.63, 3.8) is 0 Å². The summed E-state index contributed by atoms with van der Waals surface area (Å²) in [5.74, 6) is 0. The molecule has 2 rings (SSSR count). The van der Waals surface area contributed by atoms with Crippen LogP contribution in [-0.2, 0) is 6.54 Å². The van der Waals surface area contributed by atoms with E-state index in [-0.39, 0.29) is 0 Å². The normalized spacial score (nSPS) is 18.5. The minimum Gasteiger partial charge on any atom is -0.311 e. The molecule has 1 nitrogen and oxygen atoms in total. The molecule has 1 aliphatic rings. The van der Waals surface area contributed by atoms with Gasteiger partial charge in [-0.1, -0.05) is 6.92 Å². The molecular formula is C10H13Br2NS. The molecule has 0 amide bonds. The summed E-state index contributed by atoms with van der Waals surface area (Å²) in [4.78, 5) is 1.38. The maximum atomic E-state index is 3.51. The molecule has 0 aliphatic heterocycles. The zero-order valence-electron chi connectivity index (χ0n) is 8.07. The third-order valence-corrected chi connectivity index (χ3v) is 5.91. The second kappa shape index (κ2) is 4.24. The third kappa shape index (κ3) is 2.81. The van der Waals surface area contributed by atoms with Crippen molar-refractivity contribution >= 4 is 43.2 Å². The third-order valence-electron chi connectivity index (χ3n) is 2.65. The molecule has 1 fully saturated rings. The van der Waals surface area contributed by atoms with Crippen LogP contribution in [0.5, 0.6) is 0 Å². The van der Waals surface area contributed by atoms with Crippen LogP contribution in [-0.4, -0.2) is 6.54 Å². The lowest BCUT2D eigenvalue weighted by Crippen LogP contribution is -2.20. The molecule has 1 heterocycles. The zero-order chi connectivity index (χ0) is 10.2. The molecule has 4 heteroatoms. The second-order valence-electron chi connectivity index (χ2n) is 4.25. The van der Waals surface area contributed by atoms with Crippen LogP contribution in [0.15, 0.2) is 14.3 Å². The lowest BCUT2D eigenvalue weighted by Gasteiger charge is -2.08. The molecule has 0 saturated heterocycles. The Morgan fingerprint density at radius 2 is 2.21 bits per heavy atom. The van der Waals surface area contributed by atoms with Crippen molar-refractivity contribution in [2.24, 2.45) is 5.41 Å². The number of hydrogen-bond acceptors (Lipinski definition) is 2. The van der Waals surface area contributed by atoms with E-state index in [4.69, 9.17) is 0 Å². The Morgan fingerprint density at radius 1 is 1.50 bits per heavy atom. The standard InChI is InChI=1S/C10H13Br2NS/c1-10(2-3-10)6-13-5-7-4-8(11)9(12)14-7/h4,13H,2-3,5-6H2,1H3. The maximum absolute atomic E-state index is 3.51. The molecule has 0 unspecified atom stereocenters. The zero-order valence-corrected chi connectivity index (χ0v) is 12.1. The molecule has 1 aromatic rings. The number of halogens is 2. The summed E-state index contributed by atoms with van der Waals surface area (Å²) >= 11 is 8.79. The number of thiophene rings is 1. The molecule has 0 radical (unpaired) electrons. The van der Waals surface area contributed by atoms with E-state index in [9.17, 15) is 0 Å². The Bertz CT molecular complexity index is 311. The van der Waals surface area contributed by atoms with E-state index in [1.54, 1.807) is 11.3 Å². The Hall–Kier alpha value is 0.620. The summed E-state index contributed by atoms with van der Waals surface area (Å²) in [6.07, 6.45) is 2.77. The van der Waals surface area contributed by atoms with Gasteiger partial charge in [0.05, 0.1) is 3.79 Å². The van der Waals surface area contributed by atoms with Gasteiger partial charge in [-0.15, -0.1) is 11.3 Å². The van der Waals surface area contributed by atoms with Crippen molar-refractivity contribution in [2.75, 3.05) is 6.54 Å². The van der Waals surface area contributed by atoms with Crippen molar-refractivity contribution in [3.05, 3.63) is 19.2 Å². The first-order valence-corrected chi connectivity index (χ1v) is 7.14. The van der Waals surface area contributed by atoms with E-state index < -0.39 is 0 Å². The lowest BCUT2D eigenvalue weighted by molar-refractivity contribution is 0.501. The molecular weight excluding hydrogens is 326 g/mol. The van der Waals surface area contributed by atoms with Crippen molar-refractivity contribution < 1.29 is 0 Å². The highest BCUT2D eigenvalue weighted by molar-refractivity contribution is 9.13.